The highest BCUT2D eigenvalue weighted by Crippen LogP contribution is 2.40. The molecule has 180 valence electrons. The Labute approximate surface area is 195 Å². The van der Waals surface area contributed by atoms with E-state index in [4.69, 9.17) is 11.6 Å². The van der Waals surface area contributed by atoms with Crippen molar-refractivity contribution >= 4 is 33.6 Å². The Balaban J connectivity index is 1.78. The van der Waals surface area contributed by atoms with Crippen molar-refractivity contribution in [3.63, 3.8) is 0 Å². The molecule has 1 amide bonds. The molecule has 1 N–H and O–H groups in total. The largest absolute Gasteiger partial charge is 0.416 e. The predicted molar refractivity (Wildman–Crippen MR) is 120 cm³/mol. The van der Waals surface area contributed by atoms with Crippen LogP contribution in [0.4, 0.5) is 13.2 Å². The van der Waals surface area contributed by atoms with Crippen LogP contribution in [0.3, 0.4) is 0 Å². The first-order chi connectivity index (χ1) is 15.3. The van der Waals surface area contributed by atoms with Gasteiger partial charge in [-0.15, -0.1) is 0 Å². The van der Waals surface area contributed by atoms with Crippen LogP contribution in [0.2, 0.25) is 5.02 Å². The highest BCUT2D eigenvalue weighted by atomic mass is 35.5. The molecule has 0 radical (unpaired) electrons. The molecule has 0 atom stereocenters. The van der Waals surface area contributed by atoms with E-state index in [0.717, 1.165) is 36.7 Å². The summed E-state index contributed by atoms with van der Waals surface area (Å²) in [4.78, 5) is 12.2. The lowest BCUT2D eigenvalue weighted by atomic mass is 10.1. The summed E-state index contributed by atoms with van der Waals surface area (Å²) < 4.78 is 66.3. The lowest BCUT2D eigenvalue weighted by Crippen LogP contribution is -2.31. The van der Waals surface area contributed by atoms with Gasteiger partial charge in [-0.2, -0.15) is 18.3 Å². The zero-order valence-electron chi connectivity index (χ0n) is 18.2. The van der Waals surface area contributed by atoms with Gasteiger partial charge in [0, 0.05) is 17.0 Å². The van der Waals surface area contributed by atoms with E-state index in [1.165, 1.54) is 12.1 Å². The SMILES string of the molecule is CC(C)CCS(=O)(=O)NC(=O)/C=C/c1cc(C2CC2)nn1Cc1ccc(C(F)(F)F)cc1Cl. The maximum Gasteiger partial charge on any atom is 0.416 e. The maximum atomic E-state index is 12.9. The second-order valence-electron chi connectivity index (χ2n) is 8.53. The molecular weight excluding hydrogens is 479 g/mol. The first-order valence-electron chi connectivity index (χ1n) is 10.5. The molecule has 1 aromatic heterocycles. The van der Waals surface area contributed by atoms with E-state index in [0.29, 0.717) is 23.6 Å². The summed E-state index contributed by atoms with van der Waals surface area (Å²) in [6.45, 7) is 3.87. The van der Waals surface area contributed by atoms with Crippen molar-refractivity contribution in [1.29, 1.82) is 0 Å². The summed E-state index contributed by atoms with van der Waals surface area (Å²) in [7, 11) is -3.74. The van der Waals surface area contributed by atoms with Gasteiger partial charge in [-0.25, -0.2) is 13.1 Å². The van der Waals surface area contributed by atoms with Crippen LogP contribution in [0.15, 0.2) is 30.3 Å². The second-order valence-corrected chi connectivity index (χ2v) is 10.8. The van der Waals surface area contributed by atoms with Crippen LogP contribution in [-0.2, 0) is 27.5 Å². The van der Waals surface area contributed by atoms with Crippen molar-refractivity contribution in [2.45, 2.75) is 51.7 Å². The number of hydrogen-bond donors (Lipinski definition) is 1. The number of nitrogens with zero attached hydrogens (tertiary/aromatic N) is 2. The Kier molecular flexibility index (Phi) is 7.58. The van der Waals surface area contributed by atoms with E-state index in [9.17, 15) is 26.4 Å². The number of sulfonamides is 1. The van der Waals surface area contributed by atoms with Crippen molar-refractivity contribution in [2.24, 2.45) is 5.92 Å². The van der Waals surface area contributed by atoms with Crippen molar-refractivity contribution in [3.05, 3.63) is 57.9 Å². The molecule has 3 rings (SSSR count). The predicted octanol–water partition coefficient (Wildman–Crippen LogP) is 4.99. The number of amides is 1. The van der Waals surface area contributed by atoms with Crippen molar-refractivity contribution in [2.75, 3.05) is 5.75 Å². The average Bonchev–Trinajstić information content (AvgIpc) is 3.47. The Morgan fingerprint density at radius 3 is 2.58 bits per heavy atom. The summed E-state index contributed by atoms with van der Waals surface area (Å²) in [6.07, 6.45) is 0.433. The summed E-state index contributed by atoms with van der Waals surface area (Å²) >= 11 is 6.08. The number of benzene rings is 1. The third-order valence-corrected chi connectivity index (χ3v) is 6.79. The summed E-state index contributed by atoms with van der Waals surface area (Å²) in [5.41, 5.74) is 0.918. The zero-order valence-corrected chi connectivity index (χ0v) is 19.8. The molecule has 1 aromatic carbocycles. The Hall–Kier alpha value is -2.33. The van der Waals surface area contributed by atoms with Gasteiger partial charge in [-0.05, 0) is 55.0 Å². The van der Waals surface area contributed by atoms with Gasteiger partial charge in [0.2, 0.25) is 10.0 Å². The van der Waals surface area contributed by atoms with E-state index in [1.807, 2.05) is 18.6 Å². The van der Waals surface area contributed by atoms with E-state index in [-0.39, 0.29) is 23.2 Å². The smallest absolute Gasteiger partial charge is 0.269 e. The first-order valence-corrected chi connectivity index (χ1v) is 12.5. The van der Waals surface area contributed by atoms with Gasteiger partial charge in [0.05, 0.1) is 29.2 Å². The number of nitrogens with one attached hydrogen (secondary N) is 1. The topological polar surface area (TPSA) is 81.1 Å². The molecule has 0 bridgehead atoms. The van der Waals surface area contributed by atoms with Crippen LogP contribution in [0.1, 0.15) is 61.5 Å². The van der Waals surface area contributed by atoms with Crippen molar-refractivity contribution in [1.82, 2.24) is 14.5 Å². The van der Waals surface area contributed by atoms with Crippen molar-refractivity contribution in [3.8, 4) is 0 Å². The van der Waals surface area contributed by atoms with Gasteiger partial charge in [-0.3, -0.25) is 9.48 Å². The third kappa shape index (κ3) is 7.33. The molecule has 1 aliphatic rings. The molecule has 1 saturated carbocycles. The van der Waals surface area contributed by atoms with E-state index in [2.05, 4.69) is 5.10 Å². The fraction of sp³-hybridized carbons (Fsp3) is 0.455. The minimum absolute atomic E-state index is 0.0442. The zero-order chi connectivity index (χ0) is 24.4. The number of alkyl halides is 3. The standard InChI is InChI=1S/C22H25ClF3N3O3S/c1-14(2)9-10-33(31,32)28-21(30)8-7-18-12-20(15-3-4-15)27-29(18)13-16-5-6-17(11-19(16)23)22(24,25)26/h5-8,11-12,14-15H,3-4,9-10,13H2,1-2H3,(H,28,30)/b8-7+. The molecule has 0 aliphatic heterocycles. The number of rotatable bonds is 9. The number of carbonyl (C=O) groups excluding carboxylic acids is 1. The Morgan fingerprint density at radius 1 is 1.30 bits per heavy atom. The molecule has 11 heteroatoms. The summed E-state index contributed by atoms with van der Waals surface area (Å²) in [5, 5.41) is 4.47. The highest BCUT2D eigenvalue weighted by Gasteiger charge is 2.31. The molecule has 1 aliphatic carbocycles. The summed E-state index contributed by atoms with van der Waals surface area (Å²) in [5.74, 6) is -0.460. The molecule has 0 saturated heterocycles. The molecule has 0 unspecified atom stereocenters. The number of carbonyl (C=O) groups is 1. The van der Waals surface area contributed by atoms with Gasteiger partial charge in [0.25, 0.3) is 5.91 Å². The van der Waals surface area contributed by atoms with Crippen LogP contribution in [-0.4, -0.2) is 29.9 Å². The first kappa shape index (κ1) is 25.3. The number of aromatic nitrogens is 2. The lowest BCUT2D eigenvalue weighted by Gasteiger charge is -2.11. The van der Waals surface area contributed by atoms with Gasteiger partial charge >= 0.3 is 6.18 Å². The van der Waals surface area contributed by atoms with Crippen LogP contribution < -0.4 is 4.72 Å². The molecular formula is C22H25ClF3N3O3S. The van der Waals surface area contributed by atoms with E-state index in [1.54, 1.807) is 10.7 Å². The third-order valence-electron chi connectivity index (χ3n) is 5.15. The fourth-order valence-corrected chi connectivity index (χ4v) is 4.59. The molecule has 2 aromatic rings. The monoisotopic (exact) mass is 503 g/mol. The van der Waals surface area contributed by atoms with Gasteiger partial charge in [-0.1, -0.05) is 31.5 Å². The summed E-state index contributed by atoms with van der Waals surface area (Å²) in [6, 6.07) is 4.91. The van der Waals surface area contributed by atoms with Crippen LogP contribution in [0.5, 0.6) is 0 Å². The number of hydrogen-bond acceptors (Lipinski definition) is 4. The molecule has 1 fully saturated rings. The average molecular weight is 504 g/mol. The Bertz CT molecular complexity index is 1150. The maximum absolute atomic E-state index is 12.9. The van der Waals surface area contributed by atoms with E-state index < -0.39 is 27.7 Å². The quantitative estimate of drug-likeness (QED) is 0.489. The van der Waals surface area contributed by atoms with Gasteiger partial charge in [0.1, 0.15) is 0 Å². The van der Waals surface area contributed by atoms with Crippen LogP contribution >= 0.6 is 11.6 Å². The van der Waals surface area contributed by atoms with Crippen LogP contribution in [0, 0.1) is 5.92 Å². The second kappa shape index (κ2) is 9.89. The minimum atomic E-state index is -4.50. The minimum Gasteiger partial charge on any atom is -0.269 e. The van der Waals surface area contributed by atoms with Crippen molar-refractivity contribution < 1.29 is 26.4 Å². The normalized spacial score (nSPS) is 14.9. The molecule has 33 heavy (non-hydrogen) atoms. The molecule has 1 heterocycles. The Morgan fingerprint density at radius 2 is 2.00 bits per heavy atom. The van der Waals surface area contributed by atoms with E-state index >= 15 is 0 Å². The lowest BCUT2D eigenvalue weighted by molar-refractivity contribution is -0.137. The fourth-order valence-electron chi connectivity index (χ4n) is 3.09. The number of halogens is 4. The van der Waals surface area contributed by atoms with Gasteiger partial charge < -0.3 is 0 Å². The molecule has 6 nitrogen and oxygen atoms in total. The highest BCUT2D eigenvalue weighted by molar-refractivity contribution is 7.90. The van der Waals surface area contributed by atoms with Crippen LogP contribution in [0.25, 0.3) is 6.08 Å². The van der Waals surface area contributed by atoms with Gasteiger partial charge in [0.15, 0.2) is 0 Å². The molecule has 0 spiro atoms.